The van der Waals surface area contributed by atoms with Gasteiger partial charge in [-0.3, -0.25) is 0 Å². The Morgan fingerprint density at radius 3 is 2.52 bits per heavy atom. The number of fused-ring (bicyclic) bond motifs is 1. The Morgan fingerprint density at radius 2 is 1.96 bits per heavy atom. The van der Waals surface area contributed by atoms with Crippen LogP contribution in [0.2, 0.25) is 25.7 Å². The average Bonchev–Trinajstić information content (AvgIpc) is 2.99. The van der Waals surface area contributed by atoms with Crippen LogP contribution in [0, 0.1) is 12.8 Å². The number of methoxy groups -OCH3 is 1. The lowest BCUT2D eigenvalue weighted by Crippen LogP contribution is -2.23. The molecular weight excluding hydrogens is 360 g/mol. The number of esters is 1. The Bertz CT molecular complexity index is 746. The minimum absolute atomic E-state index is 0.190. The third kappa shape index (κ3) is 4.80. The molecule has 1 aromatic carbocycles. The number of ether oxygens (including phenoxy) is 3. The largest absolute Gasteiger partial charge is 0.496 e. The van der Waals surface area contributed by atoms with Gasteiger partial charge in [-0.05, 0) is 25.0 Å². The zero-order valence-electron chi connectivity index (χ0n) is 17.2. The van der Waals surface area contributed by atoms with Crippen LogP contribution in [-0.2, 0) is 16.1 Å². The van der Waals surface area contributed by atoms with Crippen LogP contribution in [-0.4, -0.2) is 34.0 Å². The smallest absolute Gasteiger partial charge is 0.342 e. The second-order valence-electron chi connectivity index (χ2n) is 8.06. The van der Waals surface area contributed by atoms with E-state index in [0.717, 1.165) is 23.5 Å². The molecule has 0 saturated carbocycles. The van der Waals surface area contributed by atoms with Crippen molar-refractivity contribution in [3.63, 3.8) is 0 Å². The van der Waals surface area contributed by atoms with Crippen LogP contribution in [0.3, 0.4) is 0 Å². The van der Waals surface area contributed by atoms with Crippen molar-refractivity contribution in [3.8, 4) is 11.5 Å². The summed E-state index contributed by atoms with van der Waals surface area (Å²) < 4.78 is 17.1. The normalized spacial score (nSPS) is 14.8. The van der Waals surface area contributed by atoms with E-state index < -0.39 is 8.07 Å². The third-order valence-electron chi connectivity index (χ3n) is 4.82. The van der Waals surface area contributed by atoms with Crippen molar-refractivity contribution >= 4 is 26.4 Å². The molecule has 1 heterocycles. The molecule has 5 nitrogen and oxygen atoms in total. The molecule has 1 aliphatic rings. The van der Waals surface area contributed by atoms with Gasteiger partial charge < -0.3 is 19.0 Å². The molecule has 0 N–H and O–H groups in total. The topological polar surface area (TPSA) is 61.8 Å². The molecule has 0 aliphatic carbocycles. The first kappa shape index (κ1) is 21.2. The van der Waals surface area contributed by atoms with Gasteiger partial charge >= 0.3 is 5.97 Å². The minimum Gasteiger partial charge on any atom is -0.496 e. The second-order valence-corrected chi connectivity index (χ2v) is 13.7. The van der Waals surface area contributed by atoms with E-state index in [9.17, 15) is 9.59 Å². The fourth-order valence-electron chi connectivity index (χ4n) is 3.03. The maximum absolute atomic E-state index is 12.4. The summed E-state index contributed by atoms with van der Waals surface area (Å²) in [6.45, 7) is 11.5. The number of carbonyl (C=O) groups excluding carboxylic acids is 2. The van der Waals surface area contributed by atoms with Crippen LogP contribution in [0.1, 0.15) is 40.4 Å². The van der Waals surface area contributed by atoms with Crippen molar-refractivity contribution in [2.24, 2.45) is 5.92 Å². The van der Waals surface area contributed by atoms with Crippen LogP contribution in [0.15, 0.2) is 6.08 Å². The highest BCUT2D eigenvalue weighted by atomic mass is 28.3. The Kier molecular flexibility index (Phi) is 6.87. The van der Waals surface area contributed by atoms with Gasteiger partial charge in [-0.1, -0.05) is 38.7 Å². The van der Waals surface area contributed by atoms with Crippen molar-refractivity contribution in [2.75, 3.05) is 13.7 Å². The van der Waals surface area contributed by atoms with Crippen molar-refractivity contribution in [1.82, 2.24) is 0 Å². The Hall–Kier alpha value is -2.08. The lowest BCUT2D eigenvalue weighted by atomic mass is 9.95. The Labute approximate surface area is 162 Å². The molecule has 0 aromatic heterocycles. The highest BCUT2D eigenvalue weighted by Crippen LogP contribution is 2.43. The van der Waals surface area contributed by atoms with Gasteiger partial charge in [-0.2, -0.15) is 0 Å². The zero-order valence-corrected chi connectivity index (χ0v) is 18.2. The average molecular weight is 391 g/mol. The molecule has 1 unspecified atom stereocenters. The van der Waals surface area contributed by atoms with E-state index in [2.05, 4.69) is 19.6 Å². The van der Waals surface area contributed by atoms with E-state index in [1.807, 2.05) is 26.0 Å². The van der Waals surface area contributed by atoms with E-state index in [1.54, 1.807) is 7.11 Å². The second kappa shape index (κ2) is 8.74. The fraction of sp³-hybridized carbons (Fsp3) is 0.524. The summed E-state index contributed by atoms with van der Waals surface area (Å²) in [5.41, 5.74) is 2.88. The fourth-order valence-corrected chi connectivity index (χ4v) is 3.74. The molecule has 148 valence electrons. The van der Waals surface area contributed by atoms with Gasteiger partial charge in [0.25, 0.3) is 0 Å². The molecule has 6 heteroatoms. The van der Waals surface area contributed by atoms with E-state index in [-0.39, 0.29) is 18.5 Å². The zero-order chi connectivity index (χ0) is 20.2. The molecule has 2 rings (SSSR count). The van der Waals surface area contributed by atoms with Crippen molar-refractivity contribution in [2.45, 2.75) is 52.6 Å². The summed E-state index contributed by atoms with van der Waals surface area (Å²) in [5.74, 6) is 0.609. The molecule has 0 bridgehead atoms. The van der Waals surface area contributed by atoms with E-state index in [1.165, 1.54) is 0 Å². The summed E-state index contributed by atoms with van der Waals surface area (Å²) >= 11 is 0. The van der Waals surface area contributed by atoms with Crippen LogP contribution in [0.5, 0.6) is 11.5 Å². The molecule has 0 amide bonds. The number of carbonyl (C=O) groups is 2. The summed E-state index contributed by atoms with van der Waals surface area (Å²) in [4.78, 5) is 23.6. The van der Waals surface area contributed by atoms with Gasteiger partial charge in [0.2, 0.25) is 0 Å². The first-order valence-electron chi connectivity index (χ1n) is 9.40. The van der Waals surface area contributed by atoms with Gasteiger partial charge in [-0.15, -0.1) is 0 Å². The Balaban J connectivity index is 2.56. The molecule has 27 heavy (non-hydrogen) atoms. The first-order chi connectivity index (χ1) is 12.7. The number of cyclic esters (lactones) is 1. The number of rotatable bonds is 9. The lowest BCUT2D eigenvalue weighted by molar-refractivity contribution is -0.109. The predicted molar refractivity (Wildman–Crippen MR) is 109 cm³/mol. The molecule has 1 aromatic rings. The summed E-state index contributed by atoms with van der Waals surface area (Å²) in [7, 11) is 0.315. The molecule has 0 saturated heterocycles. The number of aldehydes is 1. The molecule has 0 fully saturated rings. The van der Waals surface area contributed by atoms with E-state index >= 15 is 0 Å². The number of allylic oxidation sites excluding steroid dienone is 1. The molecular formula is C21H30O5Si. The van der Waals surface area contributed by atoms with E-state index in [4.69, 9.17) is 14.2 Å². The van der Waals surface area contributed by atoms with E-state index in [0.29, 0.717) is 35.7 Å². The van der Waals surface area contributed by atoms with Crippen molar-refractivity contribution in [3.05, 3.63) is 28.3 Å². The third-order valence-corrected chi connectivity index (χ3v) is 6.53. The number of hydrogen-bond donors (Lipinski definition) is 0. The summed E-state index contributed by atoms with van der Waals surface area (Å²) in [6, 6.07) is 0.974. The SMILES string of the molecule is CCC(C=O)C=Cc1c(OC)c(C)c2c(c1OCC[Si](C)(C)C)C(=O)OC2. The van der Waals surface area contributed by atoms with Gasteiger partial charge in [0.1, 0.15) is 30.0 Å². The van der Waals surface area contributed by atoms with Crippen LogP contribution >= 0.6 is 0 Å². The Morgan fingerprint density at radius 1 is 1.26 bits per heavy atom. The highest BCUT2D eigenvalue weighted by Gasteiger charge is 2.33. The van der Waals surface area contributed by atoms with Crippen LogP contribution < -0.4 is 9.47 Å². The monoisotopic (exact) mass is 390 g/mol. The summed E-state index contributed by atoms with van der Waals surface area (Å²) in [5, 5.41) is 0. The van der Waals surface area contributed by atoms with Crippen LogP contribution in [0.25, 0.3) is 6.08 Å². The lowest BCUT2D eigenvalue weighted by Gasteiger charge is -2.20. The first-order valence-corrected chi connectivity index (χ1v) is 13.1. The van der Waals surface area contributed by atoms with Gasteiger partial charge in [0.05, 0.1) is 19.3 Å². The van der Waals surface area contributed by atoms with Crippen molar-refractivity contribution < 1.29 is 23.8 Å². The van der Waals surface area contributed by atoms with Gasteiger partial charge in [0, 0.05) is 19.6 Å². The maximum Gasteiger partial charge on any atom is 0.342 e. The molecule has 0 radical (unpaired) electrons. The van der Waals surface area contributed by atoms with Crippen molar-refractivity contribution in [1.29, 1.82) is 0 Å². The number of hydrogen-bond acceptors (Lipinski definition) is 5. The predicted octanol–water partition coefficient (Wildman–Crippen LogP) is 4.63. The van der Waals surface area contributed by atoms with Gasteiger partial charge in [0.15, 0.2) is 0 Å². The maximum atomic E-state index is 12.4. The molecule has 1 aliphatic heterocycles. The van der Waals surface area contributed by atoms with Crippen LogP contribution in [0.4, 0.5) is 0 Å². The number of benzene rings is 1. The standard InChI is InChI=1S/C21H30O5Si/c1-7-15(12-22)8-9-16-19(24-3)14(2)17-13-26-21(23)18(17)20(16)25-10-11-27(4,5)6/h8-9,12,15H,7,10-11,13H2,1-6H3. The summed E-state index contributed by atoms with van der Waals surface area (Å²) in [6.07, 6.45) is 5.30. The quantitative estimate of drug-likeness (QED) is 0.349. The molecule has 0 spiro atoms. The van der Waals surface area contributed by atoms with Gasteiger partial charge in [-0.25, -0.2) is 4.79 Å². The highest BCUT2D eigenvalue weighted by molar-refractivity contribution is 6.76. The minimum atomic E-state index is -1.29. The molecule has 1 atom stereocenters.